The fourth-order valence-electron chi connectivity index (χ4n) is 8.53. The molecule has 0 atom stereocenters. The molecule has 3 aromatic rings. The monoisotopic (exact) mass is 1050 g/mol. The molecular weight excluding hydrogens is 989 g/mol. The van der Waals surface area contributed by atoms with E-state index in [0.29, 0.717) is 111 Å². The smallest absolute Gasteiger partial charge is 0.330 e. The molecule has 2 aliphatic carbocycles. The van der Waals surface area contributed by atoms with Crippen LogP contribution in [0.15, 0.2) is 95.8 Å². The number of ether oxygens (including phenoxy) is 8. The Hall–Kier alpha value is -6.76. The molecule has 18 heteroatoms. The Morgan fingerprint density at radius 3 is 1.11 bits per heavy atom. The first-order chi connectivity index (χ1) is 36.0. The first-order valence-electron chi connectivity index (χ1n) is 25.2. The summed E-state index contributed by atoms with van der Waals surface area (Å²) < 4.78 is 44.3. The number of esters is 6. The summed E-state index contributed by atoms with van der Waals surface area (Å²) in [6.07, 6.45) is 12.5. The van der Waals surface area contributed by atoms with Gasteiger partial charge in [-0.25, -0.2) is 9.59 Å². The van der Waals surface area contributed by atoms with Crippen LogP contribution in [0.2, 0.25) is 0 Å². The maximum atomic E-state index is 13.6. The van der Waals surface area contributed by atoms with E-state index in [1.807, 2.05) is 12.1 Å². The van der Waals surface area contributed by atoms with E-state index >= 15 is 0 Å². The summed E-state index contributed by atoms with van der Waals surface area (Å²) in [4.78, 5) is 76.7. The van der Waals surface area contributed by atoms with Crippen LogP contribution < -0.4 is 28.4 Å². The lowest BCUT2D eigenvalue weighted by molar-refractivity contribution is -0.145. The van der Waals surface area contributed by atoms with Gasteiger partial charge in [-0.1, -0.05) is 13.2 Å². The van der Waals surface area contributed by atoms with Crippen molar-refractivity contribution in [3.8, 4) is 46.6 Å². The van der Waals surface area contributed by atoms with Crippen LogP contribution in [0.3, 0.4) is 0 Å². The second-order valence-electron chi connectivity index (χ2n) is 18.1. The molecule has 16 nitrogen and oxygen atoms in total. The number of thioether (sulfide) groups is 2. The van der Waals surface area contributed by atoms with E-state index in [0.717, 1.165) is 63.5 Å². The van der Waals surface area contributed by atoms with Gasteiger partial charge >= 0.3 is 35.8 Å². The molecule has 3 aliphatic rings. The van der Waals surface area contributed by atoms with E-state index in [1.54, 1.807) is 60.7 Å². The molecule has 2 saturated carbocycles. The summed E-state index contributed by atoms with van der Waals surface area (Å²) in [6.45, 7) is 8.53. The van der Waals surface area contributed by atoms with E-state index in [2.05, 4.69) is 13.2 Å². The van der Waals surface area contributed by atoms with Gasteiger partial charge in [0.2, 0.25) is 0 Å². The second kappa shape index (κ2) is 29.8. The van der Waals surface area contributed by atoms with Crippen molar-refractivity contribution in [1.82, 2.24) is 0 Å². The molecule has 0 radical (unpaired) electrons. The molecule has 0 amide bonds. The van der Waals surface area contributed by atoms with Crippen LogP contribution in [0.1, 0.15) is 103 Å². The molecule has 1 heterocycles. The molecule has 0 N–H and O–H groups in total. The van der Waals surface area contributed by atoms with Crippen molar-refractivity contribution in [3.63, 3.8) is 0 Å². The van der Waals surface area contributed by atoms with Gasteiger partial charge in [0.25, 0.3) is 0 Å². The van der Waals surface area contributed by atoms with Crippen LogP contribution >= 0.6 is 23.5 Å². The Bertz CT molecular complexity index is 2330. The number of nitrogens with zero attached hydrogens (tertiary/aromatic N) is 2. The van der Waals surface area contributed by atoms with Gasteiger partial charge in [-0.05, 0) is 163 Å². The van der Waals surface area contributed by atoms with E-state index in [4.69, 9.17) is 37.9 Å². The summed E-state index contributed by atoms with van der Waals surface area (Å²) in [6, 6.07) is 20.9. The zero-order valence-corrected chi connectivity index (χ0v) is 43.0. The minimum absolute atomic E-state index is 0.229. The van der Waals surface area contributed by atoms with Gasteiger partial charge in [0.1, 0.15) is 34.5 Å². The third-order valence-corrected chi connectivity index (χ3v) is 15.8. The van der Waals surface area contributed by atoms with Crippen LogP contribution in [0.5, 0.6) is 34.5 Å². The maximum absolute atomic E-state index is 13.6. The van der Waals surface area contributed by atoms with Crippen molar-refractivity contribution in [2.75, 3.05) is 26.4 Å². The third-order valence-electron chi connectivity index (χ3n) is 12.8. The topological polar surface area (TPSA) is 224 Å². The molecule has 392 valence electrons. The van der Waals surface area contributed by atoms with Crippen LogP contribution in [-0.2, 0) is 38.2 Å². The predicted molar refractivity (Wildman–Crippen MR) is 273 cm³/mol. The van der Waals surface area contributed by atoms with Crippen molar-refractivity contribution in [2.45, 2.75) is 117 Å². The minimum atomic E-state index is -1.00. The number of benzene rings is 3. The molecule has 1 aliphatic heterocycles. The largest absolute Gasteiger partial charge is 0.494 e. The molecule has 6 rings (SSSR count). The number of unbranched alkanes of at least 4 members (excludes halogenated alkanes) is 6. The number of carbonyl (C=O) groups excluding carboxylic acids is 6. The van der Waals surface area contributed by atoms with Crippen LogP contribution in [-0.4, -0.2) is 66.8 Å². The summed E-state index contributed by atoms with van der Waals surface area (Å²) >= 11 is 2.41. The highest BCUT2D eigenvalue weighted by molar-refractivity contribution is 8.19. The Morgan fingerprint density at radius 2 is 0.784 bits per heavy atom. The number of rotatable bonds is 27. The van der Waals surface area contributed by atoms with E-state index < -0.39 is 58.0 Å². The molecule has 74 heavy (non-hydrogen) atoms. The Kier molecular flexibility index (Phi) is 22.8. The average Bonchev–Trinajstić information content (AvgIpc) is 3.88. The van der Waals surface area contributed by atoms with Gasteiger partial charge in [-0.2, -0.15) is 10.5 Å². The number of hydrogen-bond donors (Lipinski definition) is 0. The summed E-state index contributed by atoms with van der Waals surface area (Å²) in [7, 11) is 0. The zero-order valence-electron chi connectivity index (χ0n) is 41.4. The van der Waals surface area contributed by atoms with Gasteiger partial charge in [0.05, 0.1) is 76.6 Å². The van der Waals surface area contributed by atoms with Gasteiger partial charge < -0.3 is 37.9 Å². The van der Waals surface area contributed by atoms with Crippen LogP contribution in [0, 0.1) is 52.3 Å². The second-order valence-corrected chi connectivity index (χ2v) is 20.7. The fourth-order valence-corrected chi connectivity index (χ4v) is 11.4. The standard InChI is InChI=1S/C56H62N2O14S2/c1-3-48(59)67-33-11-7-5-9-31-65-42-21-25-44(26-22-42)69-52(61)37-13-17-39(18-14-37)54(63)71-46-29-30-47(51-50(46)73-56(74-51)41(35-57)36-58)72-55(64)40-19-15-38(16-20-40)53(62)70-45-27-23-43(24-28-45)66-32-10-6-8-12-34-68-49(60)4-2/h3-4,21-30,37-41,56H,1-2,5-20,31-34H2. The highest BCUT2D eigenvalue weighted by Gasteiger charge is 2.39. The number of hydrogen-bond acceptors (Lipinski definition) is 18. The Balaban J connectivity index is 0.921. The highest BCUT2D eigenvalue weighted by atomic mass is 32.2. The van der Waals surface area contributed by atoms with Crippen molar-refractivity contribution in [3.05, 3.63) is 86.0 Å². The number of carbonyl (C=O) groups is 6. The van der Waals surface area contributed by atoms with E-state index in [1.165, 1.54) is 23.5 Å². The summed E-state index contributed by atoms with van der Waals surface area (Å²) in [5.41, 5.74) is 0. The molecule has 0 unspecified atom stereocenters. The first kappa shape index (κ1) is 56.5. The Morgan fingerprint density at radius 1 is 0.473 bits per heavy atom. The van der Waals surface area contributed by atoms with Crippen LogP contribution in [0.25, 0.3) is 0 Å². The highest BCUT2D eigenvalue weighted by Crippen LogP contribution is 2.58. The normalized spacial score (nSPS) is 18.8. The zero-order chi connectivity index (χ0) is 52.7. The predicted octanol–water partition coefficient (Wildman–Crippen LogP) is 10.8. The van der Waals surface area contributed by atoms with Gasteiger partial charge in [0.15, 0.2) is 5.92 Å². The molecule has 3 aromatic carbocycles. The van der Waals surface area contributed by atoms with Crippen LogP contribution in [0.4, 0.5) is 0 Å². The molecule has 0 saturated heterocycles. The van der Waals surface area contributed by atoms with E-state index in [-0.39, 0.29) is 23.4 Å². The summed E-state index contributed by atoms with van der Waals surface area (Å²) in [5.74, 6) is -2.73. The molecule has 0 aromatic heterocycles. The third kappa shape index (κ3) is 17.4. The molecular formula is C56H62N2O14S2. The van der Waals surface area contributed by atoms with Crippen molar-refractivity contribution in [1.29, 1.82) is 10.5 Å². The van der Waals surface area contributed by atoms with Crippen molar-refractivity contribution in [2.24, 2.45) is 29.6 Å². The SMILES string of the molecule is C=CC(=O)OCCCCCCOc1ccc(OC(=O)C2CCC(C(=O)Oc3ccc(OC(=O)C4CCC(C(=O)Oc5ccc(OCCCCCCOC(=O)C=C)cc5)CC4)c4c3SC(C(C#N)C#N)S4)CC2)cc1. The lowest BCUT2D eigenvalue weighted by atomic mass is 9.82. The van der Waals surface area contributed by atoms with Crippen molar-refractivity contribution >= 4 is 59.3 Å². The number of fused-ring (bicyclic) bond motifs is 1. The average molecular weight is 1050 g/mol. The lowest BCUT2D eigenvalue weighted by Gasteiger charge is -2.26. The van der Waals surface area contributed by atoms with Crippen molar-refractivity contribution < 1.29 is 66.7 Å². The first-order valence-corrected chi connectivity index (χ1v) is 26.9. The lowest BCUT2D eigenvalue weighted by Crippen LogP contribution is -2.30. The summed E-state index contributed by atoms with van der Waals surface area (Å²) in [5, 5.41) is 19.5. The van der Waals surface area contributed by atoms with Gasteiger partial charge in [0, 0.05) is 12.2 Å². The maximum Gasteiger partial charge on any atom is 0.330 e. The minimum Gasteiger partial charge on any atom is -0.494 e. The van der Waals surface area contributed by atoms with Gasteiger partial charge in [-0.3, -0.25) is 19.2 Å². The quantitative estimate of drug-likeness (QED) is 0.0299. The Labute approximate surface area is 440 Å². The fraction of sp³-hybridized carbons (Fsp3) is 0.464. The molecule has 0 spiro atoms. The van der Waals surface area contributed by atoms with Gasteiger partial charge in [-0.15, -0.1) is 23.5 Å². The molecule has 0 bridgehead atoms. The van der Waals surface area contributed by atoms with E-state index in [9.17, 15) is 39.3 Å². The molecule has 2 fully saturated rings. The number of nitriles is 2.